The van der Waals surface area contributed by atoms with Gasteiger partial charge in [-0.3, -0.25) is 4.79 Å². The minimum atomic E-state index is -0.147. The van der Waals surface area contributed by atoms with Gasteiger partial charge in [0.15, 0.2) is 22.5 Å². The van der Waals surface area contributed by atoms with E-state index < -0.39 is 0 Å². The number of methoxy groups -OCH3 is 3. The van der Waals surface area contributed by atoms with Crippen LogP contribution in [0.25, 0.3) is 11.4 Å². The highest BCUT2D eigenvalue weighted by Crippen LogP contribution is 2.46. The third kappa shape index (κ3) is 3.65. The molecule has 0 amide bonds. The van der Waals surface area contributed by atoms with Crippen LogP contribution in [0.5, 0.6) is 17.2 Å². The van der Waals surface area contributed by atoms with Crippen LogP contribution >= 0.6 is 23.4 Å². The van der Waals surface area contributed by atoms with E-state index in [1.54, 1.807) is 33.5 Å². The predicted molar refractivity (Wildman–Crippen MR) is 110 cm³/mol. The fraction of sp³-hybridized carbons (Fsp3) is 0.250. The molecule has 0 aliphatic carbocycles. The number of halogens is 1. The van der Waals surface area contributed by atoms with E-state index in [1.807, 2.05) is 24.3 Å². The third-order valence-electron chi connectivity index (χ3n) is 4.58. The average Bonchev–Trinajstić information content (AvgIpc) is 3.18. The van der Waals surface area contributed by atoms with Crippen LogP contribution in [0.1, 0.15) is 22.0 Å². The van der Waals surface area contributed by atoms with Gasteiger partial charge in [0.2, 0.25) is 5.75 Å². The number of nitrogens with zero attached hydrogens (tertiary/aromatic N) is 3. The summed E-state index contributed by atoms with van der Waals surface area (Å²) in [5, 5.41) is 5.41. The first kappa shape index (κ1) is 19.6. The molecule has 150 valence electrons. The van der Waals surface area contributed by atoms with E-state index in [0.717, 1.165) is 11.1 Å². The average molecular weight is 432 g/mol. The van der Waals surface area contributed by atoms with Crippen LogP contribution in [0.3, 0.4) is 0 Å². The highest BCUT2D eigenvalue weighted by Gasteiger charge is 2.31. The lowest BCUT2D eigenvalue weighted by Crippen LogP contribution is -2.21. The maximum absolute atomic E-state index is 12.7. The number of thioether (sulfide) groups is 1. The minimum absolute atomic E-state index is 0.120. The Labute approximate surface area is 176 Å². The van der Waals surface area contributed by atoms with E-state index in [0.29, 0.717) is 33.3 Å². The summed E-state index contributed by atoms with van der Waals surface area (Å²) in [6, 6.07) is 10.9. The lowest BCUT2D eigenvalue weighted by Gasteiger charge is -2.22. The fourth-order valence-corrected chi connectivity index (χ4v) is 4.41. The Balaban J connectivity index is 1.69. The van der Waals surface area contributed by atoms with Crippen molar-refractivity contribution in [3.8, 4) is 28.6 Å². The Morgan fingerprint density at radius 3 is 2.31 bits per heavy atom. The standard InChI is InChI=1S/C20H18ClN3O4S/c1-26-14-8-12(9-15(27-2)18(14)28-3)16-10-17(25)24-20(29-16)22-19(23-24)11-4-6-13(21)7-5-11/h4-9,16H,10H2,1-3H3/t16-/m1/s1. The van der Waals surface area contributed by atoms with Crippen LogP contribution in [-0.2, 0) is 0 Å². The molecule has 0 spiro atoms. The summed E-state index contributed by atoms with van der Waals surface area (Å²) in [5.41, 5.74) is 1.69. The van der Waals surface area contributed by atoms with Gasteiger partial charge in [-0.15, -0.1) is 5.10 Å². The van der Waals surface area contributed by atoms with Crippen molar-refractivity contribution in [3.05, 3.63) is 47.0 Å². The molecule has 1 aromatic heterocycles. The van der Waals surface area contributed by atoms with E-state index in [1.165, 1.54) is 16.4 Å². The van der Waals surface area contributed by atoms with E-state index >= 15 is 0 Å². The van der Waals surface area contributed by atoms with Crippen LogP contribution in [-0.4, -0.2) is 42.0 Å². The molecule has 1 atom stereocenters. The normalized spacial score (nSPS) is 15.7. The molecule has 1 aliphatic rings. The fourth-order valence-electron chi connectivity index (χ4n) is 3.14. The summed E-state index contributed by atoms with van der Waals surface area (Å²) >= 11 is 7.42. The van der Waals surface area contributed by atoms with Crippen LogP contribution in [0, 0.1) is 0 Å². The van der Waals surface area contributed by atoms with Crippen molar-refractivity contribution in [2.24, 2.45) is 0 Å². The van der Waals surface area contributed by atoms with Crippen LogP contribution in [0.4, 0.5) is 0 Å². The lowest BCUT2D eigenvalue weighted by atomic mass is 10.1. The predicted octanol–water partition coefficient (Wildman–Crippen LogP) is 4.50. The number of rotatable bonds is 5. The molecule has 2 aromatic carbocycles. The zero-order valence-corrected chi connectivity index (χ0v) is 17.6. The van der Waals surface area contributed by atoms with Crippen LogP contribution < -0.4 is 14.2 Å². The molecule has 3 aromatic rings. The molecule has 2 heterocycles. The van der Waals surface area contributed by atoms with Crippen LogP contribution in [0.2, 0.25) is 5.02 Å². The van der Waals surface area contributed by atoms with Gasteiger partial charge in [0.05, 0.1) is 21.3 Å². The van der Waals surface area contributed by atoms with Gasteiger partial charge >= 0.3 is 0 Å². The van der Waals surface area contributed by atoms with E-state index in [-0.39, 0.29) is 17.6 Å². The maximum Gasteiger partial charge on any atom is 0.250 e. The molecular weight excluding hydrogens is 414 g/mol. The molecule has 0 unspecified atom stereocenters. The number of carbonyl (C=O) groups excluding carboxylic acids is 1. The number of carbonyl (C=O) groups is 1. The highest BCUT2D eigenvalue weighted by atomic mass is 35.5. The SMILES string of the molecule is COc1cc([C@H]2CC(=O)n3nc(-c4ccc(Cl)cc4)nc3S2)cc(OC)c1OC. The van der Waals surface area contributed by atoms with E-state index in [4.69, 9.17) is 25.8 Å². The smallest absolute Gasteiger partial charge is 0.250 e. The number of fused-ring (bicyclic) bond motifs is 1. The second-order valence-electron chi connectivity index (χ2n) is 6.30. The Kier molecular flexibility index (Phi) is 5.38. The molecule has 0 fully saturated rings. The van der Waals surface area contributed by atoms with Crippen molar-refractivity contribution in [1.82, 2.24) is 14.8 Å². The monoisotopic (exact) mass is 431 g/mol. The number of aromatic nitrogens is 3. The van der Waals surface area contributed by atoms with E-state index in [9.17, 15) is 4.79 Å². The summed E-state index contributed by atoms with van der Waals surface area (Å²) in [4.78, 5) is 17.3. The largest absolute Gasteiger partial charge is 0.493 e. The first-order chi connectivity index (χ1) is 14.0. The van der Waals surface area contributed by atoms with Gasteiger partial charge in [-0.2, -0.15) is 4.68 Å². The molecule has 0 radical (unpaired) electrons. The zero-order chi connectivity index (χ0) is 20.5. The maximum atomic E-state index is 12.7. The van der Waals surface area contributed by atoms with Gasteiger partial charge in [-0.05, 0) is 42.0 Å². The third-order valence-corrected chi connectivity index (χ3v) is 6.03. The summed E-state index contributed by atoms with van der Waals surface area (Å²) < 4.78 is 17.6. The van der Waals surface area contributed by atoms with Crippen molar-refractivity contribution in [1.29, 1.82) is 0 Å². The summed E-state index contributed by atoms with van der Waals surface area (Å²) in [5.74, 6) is 1.97. The van der Waals surface area contributed by atoms with Gasteiger partial charge in [-0.25, -0.2) is 4.98 Å². The molecule has 0 saturated carbocycles. The van der Waals surface area contributed by atoms with Crippen molar-refractivity contribution in [2.45, 2.75) is 16.8 Å². The topological polar surface area (TPSA) is 75.5 Å². The molecule has 0 bridgehead atoms. The highest BCUT2D eigenvalue weighted by molar-refractivity contribution is 7.99. The van der Waals surface area contributed by atoms with Gasteiger partial charge in [0.1, 0.15) is 0 Å². The van der Waals surface area contributed by atoms with Gasteiger partial charge in [0, 0.05) is 22.3 Å². The Morgan fingerprint density at radius 2 is 1.72 bits per heavy atom. The zero-order valence-electron chi connectivity index (χ0n) is 16.0. The first-order valence-corrected chi connectivity index (χ1v) is 10.0. The Morgan fingerprint density at radius 1 is 1.07 bits per heavy atom. The number of hydrogen-bond donors (Lipinski definition) is 0. The summed E-state index contributed by atoms with van der Waals surface area (Å²) in [6.45, 7) is 0. The molecule has 0 saturated heterocycles. The second kappa shape index (κ2) is 7.96. The van der Waals surface area contributed by atoms with Gasteiger partial charge in [0.25, 0.3) is 5.91 Å². The molecule has 29 heavy (non-hydrogen) atoms. The molecule has 1 aliphatic heterocycles. The van der Waals surface area contributed by atoms with Crippen molar-refractivity contribution >= 4 is 29.3 Å². The molecule has 0 N–H and O–H groups in total. The van der Waals surface area contributed by atoms with E-state index in [2.05, 4.69) is 10.1 Å². The minimum Gasteiger partial charge on any atom is -0.493 e. The van der Waals surface area contributed by atoms with Crippen molar-refractivity contribution in [3.63, 3.8) is 0 Å². The van der Waals surface area contributed by atoms with Gasteiger partial charge < -0.3 is 14.2 Å². The molecule has 9 heteroatoms. The Bertz CT molecular complexity index is 1040. The number of ether oxygens (including phenoxy) is 3. The van der Waals surface area contributed by atoms with Gasteiger partial charge in [-0.1, -0.05) is 23.4 Å². The number of benzene rings is 2. The number of hydrogen-bond acceptors (Lipinski definition) is 7. The summed E-state index contributed by atoms with van der Waals surface area (Å²) in [7, 11) is 4.68. The molecule has 4 rings (SSSR count). The van der Waals surface area contributed by atoms with Crippen molar-refractivity contribution in [2.75, 3.05) is 21.3 Å². The van der Waals surface area contributed by atoms with Crippen LogP contribution in [0.15, 0.2) is 41.6 Å². The Hall–Kier alpha value is -2.71. The quantitative estimate of drug-likeness (QED) is 0.588. The first-order valence-electron chi connectivity index (χ1n) is 8.76. The summed E-state index contributed by atoms with van der Waals surface area (Å²) in [6.07, 6.45) is 0.278. The second-order valence-corrected chi connectivity index (χ2v) is 7.91. The lowest BCUT2D eigenvalue weighted by molar-refractivity contribution is 0.0868. The van der Waals surface area contributed by atoms with Crippen molar-refractivity contribution < 1.29 is 19.0 Å². The molecular formula is C20H18ClN3O4S. The molecule has 7 nitrogen and oxygen atoms in total.